The average Bonchev–Trinajstić information content (AvgIpc) is 2.72. The first kappa shape index (κ1) is 18.0. The Balaban J connectivity index is 1.44. The van der Waals surface area contributed by atoms with E-state index >= 15 is 0 Å². The number of piperazine rings is 2. The van der Waals surface area contributed by atoms with Crippen LogP contribution in [0.2, 0.25) is 0 Å². The lowest BCUT2D eigenvalue weighted by molar-refractivity contribution is -0.135. The van der Waals surface area contributed by atoms with Gasteiger partial charge in [0.2, 0.25) is 5.91 Å². The Labute approximate surface area is 161 Å². The van der Waals surface area contributed by atoms with Crippen molar-refractivity contribution in [2.45, 2.75) is 19.0 Å². The maximum Gasteiger partial charge on any atom is 0.237 e. The largest absolute Gasteiger partial charge is 0.369 e. The second-order valence-electron chi connectivity index (χ2n) is 7.40. The molecule has 1 atom stereocenters. The van der Waals surface area contributed by atoms with Crippen molar-refractivity contribution in [1.82, 2.24) is 15.5 Å². The summed E-state index contributed by atoms with van der Waals surface area (Å²) >= 11 is 0. The van der Waals surface area contributed by atoms with E-state index in [9.17, 15) is 4.79 Å². The molecular weight excluding hydrogens is 336 g/mol. The van der Waals surface area contributed by atoms with Gasteiger partial charge in [-0.3, -0.25) is 4.79 Å². The Kier molecular flexibility index (Phi) is 5.70. The summed E-state index contributed by atoms with van der Waals surface area (Å²) < 4.78 is 0. The van der Waals surface area contributed by atoms with Crippen LogP contribution >= 0.6 is 0 Å². The summed E-state index contributed by atoms with van der Waals surface area (Å²) in [6, 6.07) is 19.4. The summed E-state index contributed by atoms with van der Waals surface area (Å²) in [6.07, 6.45) is 0.887. The average molecular weight is 364 g/mol. The van der Waals surface area contributed by atoms with Gasteiger partial charge in [0.1, 0.15) is 0 Å². The summed E-state index contributed by atoms with van der Waals surface area (Å²) in [5, 5.41) is 6.66. The summed E-state index contributed by atoms with van der Waals surface area (Å²) in [5.41, 5.74) is 3.74. The van der Waals surface area contributed by atoms with E-state index in [-0.39, 0.29) is 11.9 Å². The van der Waals surface area contributed by atoms with E-state index in [1.165, 1.54) is 16.8 Å². The second-order valence-corrected chi connectivity index (χ2v) is 7.40. The molecule has 2 heterocycles. The first-order valence-electron chi connectivity index (χ1n) is 9.88. The molecule has 5 heteroatoms. The van der Waals surface area contributed by atoms with Crippen LogP contribution in [0.1, 0.15) is 11.1 Å². The molecule has 0 radical (unpaired) electrons. The van der Waals surface area contributed by atoms with Crippen LogP contribution in [0.5, 0.6) is 0 Å². The molecule has 4 rings (SSSR count). The van der Waals surface area contributed by atoms with Gasteiger partial charge < -0.3 is 20.4 Å². The van der Waals surface area contributed by atoms with Crippen LogP contribution in [0.3, 0.4) is 0 Å². The summed E-state index contributed by atoms with van der Waals surface area (Å²) in [4.78, 5) is 17.0. The molecule has 2 N–H and O–H groups in total. The maximum atomic E-state index is 12.6. The van der Waals surface area contributed by atoms with E-state index in [1.807, 2.05) is 11.0 Å². The van der Waals surface area contributed by atoms with E-state index in [1.54, 1.807) is 0 Å². The highest BCUT2D eigenvalue weighted by atomic mass is 16.2. The Morgan fingerprint density at radius 1 is 0.889 bits per heavy atom. The van der Waals surface area contributed by atoms with Gasteiger partial charge in [-0.1, -0.05) is 42.5 Å². The van der Waals surface area contributed by atoms with Crippen LogP contribution < -0.4 is 15.5 Å². The summed E-state index contributed by atoms with van der Waals surface area (Å²) in [7, 11) is 0. The molecule has 2 aliphatic rings. The van der Waals surface area contributed by atoms with Crippen molar-refractivity contribution in [2.24, 2.45) is 0 Å². The molecule has 0 bridgehead atoms. The topological polar surface area (TPSA) is 47.6 Å². The molecule has 1 amide bonds. The van der Waals surface area contributed by atoms with E-state index in [2.05, 4.69) is 64.1 Å². The number of hydrogen-bond donors (Lipinski definition) is 2. The number of carbonyl (C=O) groups excluding carboxylic acids is 1. The molecule has 0 spiro atoms. The summed E-state index contributed by atoms with van der Waals surface area (Å²) in [6.45, 7) is 6.14. The lowest BCUT2D eigenvalue weighted by atomic mass is 10.0. The molecule has 0 aliphatic carbocycles. The SMILES string of the molecule is O=C1CNC[C@H](Cc2ccccc2)N1Cc1ccc(N2CCNCC2)cc1. The zero-order chi connectivity index (χ0) is 18.5. The third kappa shape index (κ3) is 4.49. The number of amides is 1. The fourth-order valence-electron chi connectivity index (χ4n) is 3.98. The van der Waals surface area contributed by atoms with Gasteiger partial charge in [0, 0.05) is 51.0 Å². The van der Waals surface area contributed by atoms with Crippen LogP contribution in [0.4, 0.5) is 5.69 Å². The van der Waals surface area contributed by atoms with Gasteiger partial charge in [-0.15, -0.1) is 0 Å². The van der Waals surface area contributed by atoms with Crippen molar-refractivity contribution in [3.63, 3.8) is 0 Å². The lowest BCUT2D eigenvalue weighted by Gasteiger charge is -2.36. The third-order valence-electron chi connectivity index (χ3n) is 5.50. The van der Waals surface area contributed by atoms with Gasteiger partial charge in [0.15, 0.2) is 0 Å². The summed E-state index contributed by atoms with van der Waals surface area (Å²) in [5.74, 6) is 0.188. The van der Waals surface area contributed by atoms with Crippen molar-refractivity contribution >= 4 is 11.6 Å². The minimum atomic E-state index is 0.188. The normalized spacial score (nSPS) is 20.7. The minimum Gasteiger partial charge on any atom is -0.369 e. The molecule has 5 nitrogen and oxygen atoms in total. The zero-order valence-corrected chi connectivity index (χ0v) is 15.7. The Morgan fingerprint density at radius 3 is 2.37 bits per heavy atom. The van der Waals surface area contributed by atoms with E-state index in [0.717, 1.165) is 39.1 Å². The molecule has 27 heavy (non-hydrogen) atoms. The molecule has 2 aromatic carbocycles. The number of benzene rings is 2. The second kappa shape index (κ2) is 8.55. The van der Waals surface area contributed by atoms with Gasteiger partial charge in [0.25, 0.3) is 0 Å². The maximum absolute atomic E-state index is 12.6. The van der Waals surface area contributed by atoms with Gasteiger partial charge in [0.05, 0.1) is 6.54 Å². The zero-order valence-electron chi connectivity index (χ0n) is 15.7. The highest BCUT2D eigenvalue weighted by molar-refractivity contribution is 5.79. The van der Waals surface area contributed by atoms with Crippen molar-refractivity contribution in [2.75, 3.05) is 44.2 Å². The molecule has 0 unspecified atom stereocenters. The number of nitrogens with zero attached hydrogens (tertiary/aromatic N) is 2. The molecule has 2 saturated heterocycles. The first-order chi connectivity index (χ1) is 13.3. The smallest absolute Gasteiger partial charge is 0.237 e. The Hall–Kier alpha value is -2.37. The molecule has 142 valence electrons. The lowest BCUT2D eigenvalue weighted by Crippen LogP contribution is -2.55. The number of anilines is 1. The number of carbonyl (C=O) groups is 1. The van der Waals surface area contributed by atoms with Crippen LogP contribution in [0.25, 0.3) is 0 Å². The highest BCUT2D eigenvalue weighted by Crippen LogP contribution is 2.19. The number of rotatable bonds is 5. The first-order valence-corrected chi connectivity index (χ1v) is 9.88. The van der Waals surface area contributed by atoms with Crippen molar-refractivity contribution in [3.8, 4) is 0 Å². The fraction of sp³-hybridized carbons (Fsp3) is 0.409. The van der Waals surface area contributed by atoms with Gasteiger partial charge in [-0.25, -0.2) is 0 Å². The molecular formula is C22H28N4O. The monoisotopic (exact) mass is 364 g/mol. The molecule has 2 aliphatic heterocycles. The van der Waals surface area contributed by atoms with Crippen molar-refractivity contribution in [3.05, 3.63) is 65.7 Å². The standard InChI is InChI=1S/C22H28N4O/c27-22-16-24-15-21(14-18-4-2-1-3-5-18)26(22)17-19-6-8-20(9-7-19)25-12-10-23-11-13-25/h1-9,21,23-24H,10-17H2/t21-/m0/s1. The third-order valence-corrected chi connectivity index (χ3v) is 5.50. The van der Waals surface area contributed by atoms with Gasteiger partial charge in [-0.2, -0.15) is 0 Å². The van der Waals surface area contributed by atoms with Gasteiger partial charge in [-0.05, 0) is 29.7 Å². The van der Waals surface area contributed by atoms with Crippen LogP contribution in [0.15, 0.2) is 54.6 Å². The van der Waals surface area contributed by atoms with E-state index in [0.29, 0.717) is 13.1 Å². The predicted molar refractivity (Wildman–Crippen MR) is 109 cm³/mol. The predicted octanol–water partition coefficient (Wildman–Crippen LogP) is 1.64. The molecule has 2 aromatic rings. The van der Waals surface area contributed by atoms with Crippen LogP contribution in [-0.4, -0.2) is 56.1 Å². The minimum absolute atomic E-state index is 0.188. The quantitative estimate of drug-likeness (QED) is 0.847. The number of nitrogens with one attached hydrogen (secondary N) is 2. The van der Waals surface area contributed by atoms with Crippen LogP contribution in [0, 0.1) is 0 Å². The fourth-order valence-corrected chi connectivity index (χ4v) is 3.98. The Bertz CT molecular complexity index is 741. The molecule has 0 aromatic heterocycles. The van der Waals surface area contributed by atoms with E-state index in [4.69, 9.17) is 0 Å². The van der Waals surface area contributed by atoms with Crippen molar-refractivity contribution in [1.29, 1.82) is 0 Å². The molecule has 2 fully saturated rings. The number of hydrogen-bond acceptors (Lipinski definition) is 4. The van der Waals surface area contributed by atoms with E-state index < -0.39 is 0 Å². The molecule has 0 saturated carbocycles. The van der Waals surface area contributed by atoms with Crippen LogP contribution in [-0.2, 0) is 17.8 Å². The van der Waals surface area contributed by atoms with Crippen molar-refractivity contribution < 1.29 is 4.79 Å². The van der Waals surface area contributed by atoms with Gasteiger partial charge >= 0.3 is 0 Å². The highest BCUT2D eigenvalue weighted by Gasteiger charge is 2.28. The Morgan fingerprint density at radius 2 is 1.63 bits per heavy atom.